The summed E-state index contributed by atoms with van der Waals surface area (Å²) in [7, 11) is 0. The molecule has 0 bridgehead atoms. The summed E-state index contributed by atoms with van der Waals surface area (Å²) in [6.07, 6.45) is 3.10. The van der Waals surface area contributed by atoms with Gasteiger partial charge in [0.25, 0.3) is 0 Å². The Hall–Kier alpha value is -0.320. The van der Waals surface area contributed by atoms with Crippen LogP contribution < -0.4 is 0 Å². The lowest BCUT2D eigenvalue weighted by Gasteiger charge is -2.18. The van der Waals surface area contributed by atoms with Gasteiger partial charge >= 0.3 is 0 Å². The standard InChI is InChI=1S/C10H11BrO2S/c11-8-3-5-14-10(8)9(12)7-2-1-4-13-6-7/h3,5-6,9,12H,1-2,4H2. The Morgan fingerprint density at radius 2 is 2.43 bits per heavy atom. The minimum Gasteiger partial charge on any atom is -0.501 e. The summed E-state index contributed by atoms with van der Waals surface area (Å²) >= 11 is 4.97. The average Bonchev–Trinajstić information content (AvgIpc) is 2.65. The highest BCUT2D eigenvalue weighted by molar-refractivity contribution is 9.10. The van der Waals surface area contributed by atoms with E-state index < -0.39 is 6.10 Å². The first-order valence-corrected chi connectivity index (χ1v) is 6.18. The minimum absolute atomic E-state index is 0.510. The summed E-state index contributed by atoms with van der Waals surface area (Å²) < 4.78 is 6.18. The van der Waals surface area contributed by atoms with Gasteiger partial charge in [-0.1, -0.05) is 0 Å². The Morgan fingerprint density at radius 3 is 3.00 bits per heavy atom. The van der Waals surface area contributed by atoms with Gasteiger partial charge in [0.15, 0.2) is 0 Å². The molecular formula is C10H11BrO2S. The number of aliphatic hydroxyl groups is 1. The van der Waals surface area contributed by atoms with E-state index in [0.717, 1.165) is 34.4 Å². The van der Waals surface area contributed by atoms with Gasteiger partial charge in [-0.3, -0.25) is 0 Å². The number of hydrogen-bond donors (Lipinski definition) is 1. The van der Waals surface area contributed by atoms with E-state index in [4.69, 9.17) is 4.74 Å². The first-order chi connectivity index (χ1) is 6.79. The van der Waals surface area contributed by atoms with Gasteiger partial charge in [0.1, 0.15) is 6.10 Å². The molecule has 4 heteroatoms. The molecule has 1 aliphatic rings. The number of halogens is 1. The van der Waals surface area contributed by atoms with Crippen molar-refractivity contribution in [2.75, 3.05) is 6.61 Å². The van der Waals surface area contributed by atoms with Crippen molar-refractivity contribution in [3.05, 3.63) is 32.6 Å². The van der Waals surface area contributed by atoms with Crippen molar-refractivity contribution in [3.8, 4) is 0 Å². The lowest BCUT2D eigenvalue weighted by atomic mass is 10.0. The molecule has 1 aliphatic heterocycles. The number of aliphatic hydroxyl groups excluding tert-OH is 1. The van der Waals surface area contributed by atoms with Crippen molar-refractivity contribution in [1.82, 2.24) is 0 Å². The number of ether oxygens (including phenoxy) is 1. The Morgan fingerprint density at radius 1 is 1.57 bits per heavy atom. The molecule has 1 atom stereocenters. The van der Waals surface area contributed by atoms with E-state index in [1.165, 1.54) is 0 Å². The quantitative estimate of drug-likeness (QED) is 0.897. The molecule has 14 heavy (non-hydrogen) atoms. The molecule has 0 amide bonds. The number of hydrogen-bond acceptors (Lipinski definition) is 3. The Balaban J connectivity index is 2.19. The first-order valence-electron chi connectivity index (χ1n) is 4.50. The lowest BCUT2D eigenvalue weighted by molar-refractivity contribution is 0.172. The average molecular weight is 275 g/mol. The van der Waals surface area contributed by atoms with Crippen molar-refractivity contribution < 1.29 is 9.84 Å². The van der Waals surface area contributed by atoms with Gasteiger partial charge in [0.05, 0.1) is 17.7 Å². The molecule has 0 aliphatic carbocycles. The molecule has 0 saturated heterocycles. The lowest BCUT2D eigenvalue weighted by Crippen LogP contribution is -2.06. The first kappa shape index (κ1) is 10.2. The van der Waals surface area contributed by atoms with Gasteiger partial charge in [0.2, 0.25) is 0 Å². The van der Waals surface area contributed by atoms with E-state index in [9.17, 15) is 5.11 Å². The van der Waals surface area contributed by atoms with Gasteiger partial charge < -0.3 is 9.84 Å². The molecule has 76 valence electrons. The summed E-state index contributed by atoms with van der Waals surface area (Å²) in [5, 5.41) is 12.0. The summed E-state index contributed by atoms with van der Waals surface area (Å²) in [5.41, 5.74) is 0.972. The second-order valence-corrected chi connectivity index (χ2v) is 5.00. The van der Waals surface area contributed by atoms with Crippen LogP contribution in [0.4, 0.5) is 0 Å². The third-order valence-electron chi connectivity index (χ3n) is 2.21. The molecule has 2 rings (SSSR count). The van der Waals surface area contributed by atoms with Crippen LogP contribution in [0.25, 0.3) is 0 Å². The van der Waals surface area contributed by atoms with Gasteiger partial charge in [-0.2, -0.15) is 0 Å². The van der Waals surface area contributed by atoms with Crippen LogP contribution in [0.15, 0.2) is 27.8 Å². The van der Waals surface area contributed by atoms with Crippen LogP contribution in [-0.4, -0.2) is 11.7 Å². The highest BCUT2D eigenvalue weighted by Gasteiger charge is 2.19. The molecule has 1 unspecified atom stereocenters. The van der Waals surface area contributed by atoms with Crippen LogP contribution in [-0.2, 0) is 4.74 Å². The maximum absolute atomic E-state index is 10.0. The molecule has 0 radical (unpaired) electrons. The largest absolute Gasteiger partial charge is 0.501 e. The minimum atomic E-state index is -0.510. The molecule has 0 spiro atoms. The topological polar surface area (TPSA) is 29.5 Å². The molecule has 0 fully saturated rings. The fourth-order valence-electron chi connectivity index (χ4n) is 1.45. The Kier molecular flexibility index (Phi) is 3.26. The zero-order chi connectivity index (χ0) is 9.97. The van der Waals surface area contributed by atoms with Crippen molar-refractivity contribution >= 4 is 27.3 Å². The van der Waals surface area contributed by atoms with Gasteiger partial charge in [-0.25, -0.2) is 0 Å². The number of rotatable bonds is 2. The van der Waals surface area contributed by atoms with E-state index >= 15 is 0 Å². The van der Waals surface area contributed by atoms with Crippen LogP contribution >= 0.6 is 27.3 Å². The van der Waals surface area contributed by atoms with Crippen LogP contribution in [0.1, 0.15) is 23.8 Å². The van der Waals surface area contributed by atoms with E-state index in [1.54, 1.807) is 17.6 Å². The Labute approximate surface area is 95.3 Å². The Bertz CT molecular complexity index is 346. The van der Waals surface area contributed by atoms with Crippen molar-refractivity contribution in [2.45, 2.75) is 18.9 Å². The molecule has 2 heterocycles. The second-order valence-electron chi connectivity index (χ2n) is 3.20. The molecule has 2 nitrogen and oxygen atoms in total. The highest BCUT2D eigenvalue weighted by Crippen LogP contribution is 2.35. The molecule has 1 N–H and O–H groups in total. The van der Waals surface area contributed by atoms with Crippen LogP contribution in [0, 0.1) is 0 Å². The normalized spacial score (nSPS) is 18.6. The fourth-order valence-corrected chi connectivity index (χ4v) is 3.07. The van der Waals surface area contributed by atoms with Gasteiger partial charge in [-0.05, 0) is 45.8 Å². The molecule has 1 aromatic rings. The maximum Gasteiger partial charge on any atom is 0.114 e. The smallest absolute Gasteiger partial charge is 0.114 e. The predicted octanol–water partition coefficient (Wildman–Crippen LogP) is 3.24. The van der Waals surface area contributed by atoms with Crippen LogP contribution in [0.5, 0.6) is 0 Å². The third kappa shape index (κ3) is 2.02. The summed E-state index contributed by atoms with van der Waals surface area (Å²) in [6, 6.07) is 1.95. The van der Waals surface area contributed by atoms with E-state index in [1.807, 2.05) is 11.4 Å². The van der Waals surface area contributed by atoms with E-state index in [2.05, 4.69) is 15.9 Å². The summed E-state index contributed by atoms with van der Waals surface area (Å²) in [6.45, 7) is 0.766. The SMILES string of the molecule is OC(C1=COCCC1)c1sccc1Br. The van der Waals surface area contributed by atoms with Crippen molar-refractivity contribution in [2.24, 2.45) is 0 Å². The van der Waals surface area contributed by atoms with E-state index in [-0.39, 0.29) is 0 Å². The molecule has 0 saturated carbocycles. The third-order valence-corrected chi connectivity index (χ3v) is 4.13. The maximum atomic E-state index is 10.0. The zero-order valence-corrected chi connectivity index (χ0v) is 9.97. The van der Waals surface area contributed by atoms with Gasteiger partial charge in [-0.15, -0.1) is 11.3 Å². The molecule has 1 aromatic heterocycles. The van der Waals surface area contributed by atoms with Gasteiger partial charge in [0, 0.05) is 4.47 Å². The molecule has 0 aromatic carbocycles. The summed E-state index contributed by atoms with van der Waals surface area (Å²) in [4.78, 5) is 0.960. The monoisotopic (exact) mass is 274 g/mol. The van der Waals surface area contributed by atoms with Crippen LogP contribution in [0.2, 0.25) is 0 Å². The summed E-state index contributed by atoms with van der Waals surface area (Å²) in [5.74, 6) is 0. The van der Waals surface area contributed by atoms with E-state index in [0.29, 0.717) is 0 Å². The molecular weight excluding hydrogens is 264 g/mol. The number of thiophene rings is 1. The van der Waals surface area contributed by atoms with Crippen molar-refractivity contribution in [1.29, 1.82) is 0 Å². The zero-order valence-electron chi connectivity index (χ0n) is 7.57. The fraction of sp³-hybridized carbons (Fsp3) is 0.400. The predicted molar refractivity (Wildman–Crippen MR) is 60.2 cm³/mol. The highest BCUT2D eigenvalue weighted by atomic mass is 79.9. The van der Waals surface area contributed by atoms with Crippen molar-refractivity contribution in [3.63, 3.8) is 0 Å². The second kappa shape index (κ2) is 4.47. The van der Waals surface area contributed by atoms with Crippen LogP contribution in [0.3, 0.4) is 0 Å².